The van der Waals surface area contributed by atoms with Crippen LogP contribution in [0.25, 0.3) is 0 Å². The van der Waals surface area contributed by atoms with E-state index in [2.05, 4.69) is 20.9 Å². The van der Waals surface area contributed by atoms with Crippen molar-refractivity contribution < 1.29 is 17.9 Å². The monoisotopic (exact) mass is 439 g/mol. The fourth-order valence-corrected chi connectivity index (χ4v) is 4.57. The number of morpholine rings is 1. The molecule has 168 valence electrons. The van der Waals surface area contributed by atoms with Gasteiger partial charge in [0.25, 0.3) is 0 Å². The molecule has 0 radical (unpaired) electrons. The highest BCUT2D eigenvalue weighted by Crippen LogP contribution is 2.16. The van der Waals surface area contributed by atoms with Crippen LogP contribution in [0.5, 0.6) is 0 Å². The number of hydrogen-bond donors (Lipinski definition) is 3. The molecule has 0 atom stereocenters. The number of carbonyl (C=O) groups is 1. The summed E-state index contributed by atoms with van der Waals surface area (Å²) in [6, 6.07) is 7.41. The van der Waals surface area contributed by atoms with E-state index in [4.69, 9.17) is 4.74 Å². The maximum absolute atomic E-state index is 12.8. The molecular formula is C20H33N5O4S. The maximum Gasteiger partial charge on any atom is 0.239 e. The van der Waals surface area contributed by atoms with Gasteiger partial charge >= 0.3 is 0 Å². The molecule has 1 aliphatic rings. The molecule has 1 heterocycles. The Morgan fingerprint density at radius 1 is 1.13 bits per heavy atom. The molecule has 1 fully saturated rings. The Morgan fingerprint density at radius 2 is 1.77 bits per heavy atom. The minimum atomic E-state index is -3.42. The second kappa shape index (κ2) is 10.7. The lowest BCUT2D eigenvalue weighted by molar-refractivity contribution is -0.121. The number of nitrogens with one attached hydrogen (secondary N) is 3. The fourth-order valence-electron chi connectivity index (χ4n) is 3.01. The summed E-state index contributed by atoms with van der Waals surface area (Å²) in [5.41, 5.74) is 1.29. The Morgan fingerprint density at radius 3 is 2.37 bits per heavy atom. The molecule has 3 N–H and O–H groups in total. The summed E-state index contributed by atoms with van der Waals surface area (Å²) in [4.78, 5) is 16.1. The number of rotatable bonds is 7. The SMILES string of the molecule is CN=C(NCC(=O)NC(C)(C)C)NCc1ccccc1CS(=O)(=O)N1CCOCC1. The molecule has 0 saturated carbocycles. The molecule has 1 saturated heterocycles. The van der Waals surface area contributed by atoms with E-state index in [1.54, 1.807) is 7.05 Å². The Kier molecular flexibility index (Phi) is 8.63. The molecule has 0 bridgehead atoms. The third kappa shape index (κ3) is 7.92. The summed E-state index contributed by atoms with van der Waals surface area (Å²) < 4.78 is 32.3. The molecule has 1 aromatic rings. The molecule has 2 rings (SSSR count). The molecule has 0 spiro atoms. The zero-order chi connectivity index (χ0) is 22.2. The number of guanidine groups is 1. The van der Waals surface area contributed by atoms with Crippen LogP contribution in [-0.2, 0) is 31.9 Å². The van der Waals surface area contributed by atoms with E-state index in [0.717, 1.165) is 11.1 Å². The van der Waals surface area contributed by atoms with Gasteiger partial charge in [-0.15, -0.1) is 0 Å². The minimum absolute atomic E-state index is 0.0646. The van der Waals surface area contributed by atoms with Crippen LogP contribution in [0.15, 0.2) is 29.3 Å². The highest BCUT2D eigenvalue weighted by Gasteiger charge is 2.25. The standard InChI is InChI=1S/C20H33N5O4S/c1-20(2,3)24-18(26)14-23-19(21-4)22-13-16-7-5-6-8-17(16)15-30(27,28)25-9-11-29-12-10-25/h5-8H,9-15H2,1-4H3,(H,24,26)(H2,21,22,23). The zero-order valence-corrected chi connectivity index (χ0v) is 19.0. The van der Waals surface area contributed by atoms with Gasteiger partial charge in [0.05, 0.1) is 25.5 Å². The Hall–Kier alpha value is -2.17. The van der Waals surface area contributed by atoms with Crippen molar-refractivity contribution in [1.82, 2.24) is 20.3 Å². The molecule has 0 unspecified atom stereocenters. The second-order valence-electron chi connectivity index (χ2n) is 8.11. The molecule has 1 aromatic carbocycles. The van der Waals surface area contributed by atoms with E-state index < -0.39 is 10.0 Å². The summed E-state index contributed by atoms with van der Waals surface area (Å²) in [6.07, 6.45) is 0. The van der Waals surface area contributed by atoms with Gasteiger partial charge < -0.3 is 20.7 Å². The molecular weight excluding hydrogens is 406 g/mol. The lowest BCUT2D eigenvalue weighted by Gasteiger charge is -2.26. The fraction of sp³-hybridized carbons (Fsp3) is 0.600. The normalized spacial score (nSPS) is 16.2. The molecule has 9 nitrogen and oxygen atoms in total. The smallest absolute Gasteiger partial charge is 0.239 e. The van der Waals surface area contributed by atoms with Crippen LogP contribution >= 0.6 is 0 Å². The summed E-state index contributed by atoms with van der Waals surface area (Å²) >= 11 is 0. The average Bonchev–Trinajstić information content (AvgIpc) is 2.68. The largest absolute Gasteiger partial charge is 0.379 e. The van der Waals surface area contributed by atoms with Crippen molar-refractivity contribution in [2.75, 3.05) is 39.9 Å². The number of nitrogens with zero attached hydrogens (tertiary/aromatic N) is 2. The van der Waals surface area contributed by atoms with Crippen molar-refractivity contribution in [2.45, 2.75) is 38.6 Å². The van der Waals surface area contributed by atoms with Gasteiger partial charge in [-0.1, -0.05) is 24.3 Å². The lowest BCUT2D eigenvalue weighted by atomic mass is 10.1. The van der Waals surface area contributed by atoms with Crippen LogP contribution in [-0.4, -0.2) is 70.0 Å². The quantitative estimate of drug-likeness (QED) is 0.420. The number of aliphatic imine (C=N–C) groups is 1. The summed E-state index contributed by atoms with van der Waals surface area (Å²) in [5.74, 6) is 0.262. The van der Waals surface area contributed by atoms with Gasteiger partial charge in [-0.3, -0.25) is 9.79 Å². The number of sulfonamides is 1. The first kappa shape index (κ1) is 24.1. The zero-order valence-electron chi connectivity index (χ0n) is 18.2. The molecule has 0 aliphatic carbocycles. The average molecular weight is 440 g/mol. The van der Waals surface area contributed by atoms with Gasteiger partial charge in [-0.2, -0.15) is 4.31 Å². The van der Waals surface area contributed by atoms with Crippen LogP contribution in [0.1, 0.15) is 31.9 Å². The minimum Gasteiger partial charge on any atom is -0.379 e. The van der Waals surface area contributed by atoms with Crippen LogP contribution < -0.4 is 16.0 Å². The predicted molar refractivity (Wildman–Crippen MR) is 118 cm³/mol. The van der Waals surface area contributed by atoms with Gasteiger partial charge in [0.1, 0.15) is 0 Å². The first-order valence-corrected chi connectivity index (χ1v) is 11.6. The van der Waals surface area contributed by atoms with E-state index in [9.17, 15) is 13.2 Å². The van der Waals surface area contributed by atoms with Crippen LogP contribution in [0.3, 0.4) is 0 Å². The molecule has 1 aliphatic heterocycles. The Labute approximate surface area is 179 Å². The van der Waals surface area contributed by atoms with E-state index in [1.165, 1.54) is 4.31 Å². The number of amides is 1. The summed E-state index contributed by atoms with van der Waals surface area (Å²) in [7, 11) is -1.80. The highest BCUT2D eigenvalue weighted by molar-refractivity contribution is 7.88. The van der Waals surface area contributed by atoms with Crippen molar-refractivity contribution in [3.05, 3.63) is 35.4 Å². The highest BCUT2D eigenvalue weighted by atomic mass is 32.2. The van der Waals surface area contributed by atoms with E-state index >= 15 is 0 Å². The molecule has 10 heteroatoms. The van der Waals surface area contributed by atoms with Crippen molar-refractivity contribution in [3.63, 3.8) is 0 Å². The summed E-state index contributed by atoms with van der Waals surface area (Å²) in [6.45, 7) is 7.84. The van der Waals surface area contributed by atoms with E-state index in [1.807, 2.05) is 45.0 Å². The maximum atomic E-state index is 12.8. The first-order chi connectivity index (χ1) is 14.1. The number of benzene rings is 1. The second-order valence-corrected chi connectivity index (χ2v) is 10.1. The number of carbonyl (C=O) groups excluding carboxylic acids is 1. The van der Waals surface area contributed by atoms with Crippen LogP contribution in [0.2, 0.25) is 0 Å². The molecule has 30 heavy (non-hydrogen) atoms. The molecule has 0 aromatic heterocycles. The van der Waals surface area contributed by atoms with Crippen molar-refractivity contribution >= 4 is 21.9 Å². The van der Waals surface area contributed by atoms with Crippen LogP contribution in [0, 0.1) is 0 Å². The van der Waals surface area contributed by atoms with Gasteiger partial charge in [0.15, 0.2) is 5.96 Å². The van der Waals surface area contributed by atoms with Crippen LogP contribution in [0.4, 0.5) is 0 Å². The third-order valence-corrected chi connectivity index (χ3v) is 6.25. The first-order valence-electron chi connectivity index (χ1n) is 9.98. The Bertz CT molecular complexity index is 843. The number of ether oxygens (including phenoxy) is 1. The molecule has 1 amide bonds. The number of hydrogen-bond acceptors (Lipinski definition) is 5. The summed E-state index contributed by atoms with van der Waals surface area (Å²) in [5, 5.41) is 8.98. The van der Waals surface area contributed by atoms with Crippen molar-refractivity contribution in [1.29, 1.82) is 0 Å². The van der Waals surface area contributed by atoms with Gasteiger partial charge in [0.2, 0.25) is 15.9 Å². The van der Waals surface area contributed by atoms with Crippen molar-refractivity contribution in [3.8, 4) is 0 Å². The lowest BCUT2D eigenvalue weighted by Crippen LogP contribution is -2.48. The van der Waals surface area contributed by atoms with E-state index in [-0.39, 0.29) is 23.7 Å². The van der Waals surface area contributed by atoms with Gasteiger partial charge in [-0.25, -0.2) is 8.42 Å². The topological polar surface area (TPSA) is 112 Å². The van der Waals surface area contributed by atoms with Crippen molar-refractivity contribution in [2.24, 2.45) is 4.99 Å². The van der Waals surface area contributed by atoms with E-state index in [0.29, 0.717) is 38.8 Å². The van der Waals surface area contributed by atoms with Gasteiger partial charge in [-0.05, 0) is 31.9 Å². The van der Waals surface area contributed by atoms with Gasteiger partial charge in [0, 0.05) is 32.2 Å². The predicted octanol–water partition coefficient (Wildman–Crippen LogP) is 0.428. The Balaban J connectivity index is 1.96. The third-order valence-electron chi connectivity index (χ3n) is 4.42.